The number of aromatic nitrogens is 1. The number of rotatable bonds is 6. The fourth-order valence-corrected chi connectivity index (χ4v) is 3.34. The van der Waals surface area contributed by atoms with E-state index in [0.29, 0.717) is 28.8 Å². The van der Waals surface area contributed by atoms with E-state index < -0.39 is 35.3 Å². The third kappa shape index (κ3) is 5.57. The first kappa shape index (κ1) is 24.6. The lowest BCUT2D eigenvalue weighted by Gasteiger charge is -2.08. The number of halogens is 5. The quantitative estimate of drug-likeness (QED) is 0.247. The predicted octanol–water partition coefficient (Wildman–Crippen LogP) is 6.07. The molecule has 6 nitrogen and oxygen atoms in total. The molecule has 184 valence electrons. The Hall–Kier alpha value is -4.54. The van der Waals surface area contributed by atoms with Crippen LogP contribution < -0.4 is 5.32 Å². The van der Waals surface area contributed by atoms with Gasteiger partial charge in [0.15, 0.2) is 5.58 Å². The van der Waals surface area contributed by atoms with Crippen LogP contribution in [0.1, 0.15) is 16.7 Å². The van der Waals surface area contributed by atoms with Crippen LogP contribution in [0.3, 0.4) is 0 Å². The van der Waals surface area contributed by atoms with Gasteiger partial charge < -0.3 is 14.8 Å². The largest absolute Gasteiger partial charge is 0.481 e. The summed E-state index contributed by atoms with van der Waals surface area (Å²) < 4.78 is 72.0. The molecule has 2 N–H and O–H groups in total. The Bertz CT molecular complexity index is 1510. The van der Waals surface area contributed by atoms with Crippen LogP contribution in [-0.4, -0.2) is 22.0 Å². The lowest BCUT2D eigenvalue weighted by molar-refractivity contribution is -0.140. The van der Waals surface area contributed by atoms with Gasteiger partial charge in [-0.2, -0.15) is 13.2 Å². The highest BCUT2D eigenvalue weighted by atomic mass is 19.4. The predicted molar refractivity (Wildman–Crippen MR) is 120 cm³/mol. The number of nitrogens with zero attached hydrogens (tertiary/aromatic N) is 1. The second-order valence-electron chi connectivity index (χ2n) is 7.65. The normalized spacial score (nSPS) is 11.8. The van der Waals surface area contributed by atoms with E-state index in [1.54, 1.807) is 18.2 Å². The number of aliphatic carboxylic acids is 1. The van der Waals surface area contributed by atoms with Crippen molar-refractivity contribution in [2.24, 2.45) is 0 Å². The van der Waals surface area contributed by atoms with Gasteiger partial charge in [-0.15, -0.1) is 0 Å². The molecule has 1 aromatic heterocycles. The third-order valence-corrected chi connectivity index (χ3v) is 5.00. The number of carboxylic acids is 1. The van der Waals surface area contributed by atoms with Gasteiger partial charge in [-0.3, -0.25) is 9.59 Å². The highest BCUT2D eigenvalue weighted by Gasteiger charge is 2.34. The van der Waals surface area contributed by atoms with Gasteiger partial charge in [0.25, 0.3) is 0 Å². The molecule has 0 atom stereocenters. The number of nitrogens with one attached hydrogen (secondary N) is 1. The zero-order valence-electron chi connectivity index (χ0n) is 18.1. The van der Waals surface area contributed by atoms with Gasteiger partial charge >= 0.3 is 12.1 Å². The van der Waals surface area contributed by atoms with Crippen molar-refractivity contribution in [3.63, 3.8) is 0 Å². The monoisotopic (exact) mass is 502 g/mol. The first-order valence-electron chi connectivity index (χ1n) is 10.3. The van der Waals surface area contributed by atoms with Crippen LogP contribution in [0, 0.1) is 11.6 Å². The molecule has 0 saturated heterocycles. The van der Waals surface area contributed by atoms with Crippen molar-refractivity contribution in [3.05, 3.63) is 89.0 Å². The summed E-state index contributed by atoms with van der Waals surface area (Å²) in [6.07, 6.45) is -3.17. The average Bonchev–Trinajstić information content (AvgIpc) is 3.22. The van der Waals surface area contributed by atoms with Crippen molar-refractivity contribution in [2.45, 2.75) is 12.6 Å². The molecule has 3 aromatic carbocycles. The fraction of sp³-hybridized carbons (Fsp3) is 0.0800. The maximum absolute atomic E-state index is 14.6. The van der Waals surface area contributed by atoms with Crippen molar-refractivity contribution in [1.29, 1.82) is 0 Å². The summed E-state index contributed by atoms with van der Waals surface area (Å²) in [4.78, 5) is 27.3. The van der Waals surface area contributed by atoms with Crippen LogP contribution in [0.25, 0.3) is 28.6 Å². The molecule has 1 amide bonds. The number of oxazole rings is 1. The van der Waals surface area contributed by atoms with E-state index >= 15 is 0 Å². The molecule has 0 bridgehead atoms. The number of carbonyl (C=O) groups excluding carboxylic acids is 1. The van der Waals surface area contributed by atoms with E-state index in [0.717, 1.165) is 24.3 Å². The molecule has 11 heteroatoms. The highest BCUT2D eigenvalue weighted by molar-refractivity contribution is 6.02. The molecule has 0 saturated carbocycles. The lowest BCUT2D eigenvalue weighted by atomic mass is 10.1. The Balaban J connectivity index is 1.49. The van der Waals surface area contributed by atoms with E-state index in [-0.39, 0.29) is 29.1 Å². The van der Waals surface area contributed by atoms with Gasteiger partial charge in [-0.05, 0) is 59.7 Å². The number of amides is 1. The Morgan fingerprint density at radius 1 is 1.00 bits per heavy atom. The Morgan fingerprint density at radius 2 is 1.78 bits per heavy atom. The lowest BCUT2D eigenvalue weighted by Crippen LogP contribution is -2.10. The number of hydrogen-bond donors (Lipinski definition) is 2. The fourth-order valence-electron chi connectivity index (χ4n) is 3.34. The van der Waals surface area contributed by atoms with Crippen molar-refractivity contribution < 1.29 is 41.1 Å². The summed E-state index contributed by atoms with van der Waals surface area (Å²) in [6.45, 7) is 0. The number of carboxylic acid groups (broad SMARTS) is 1. The second-order valence-corrected chi connectivity index (χ2v) is 7.65. The second kappa shape index (κ2) is 9.61. The number of benzene rings is 3. The molecule has 0 radical (unpaired) electrons. The van der Waals surface area contributed by atoms with Crippen LogP contribution >= 0.6 is 0 Å². The molecule has 0 unspecified atom stereocenters. The van der Waals surface area contributed by atoms with E-state index in [9.17, 15) is 31.5 Å². The summed E-state index contributed by atoms with van der Waals surface area (Å²) in [5.41, 5.74) is -0.215. The average molecular weight is 502 g/mol. The molecule has 4 aromatic rings. The molecular weight excluding hydrogens is 487 g/mol. The molecule has 0 aliphatic carbocycles. The maximum atomic E-state index is 14.6. The minimum absolute atomic E-state index is 0.0721. The van der Waals surface area contributed by atoms with Crippen molar-refractivity contribution >= 4 is 34.7 Å². The summed E-state index contributed by atoms with van der Waals surface area (Å²) in [5.74, 6) is -4.02. The summed E-state index contributed by atoms with van der Waals surface area (Å²) >= 11 is 0. The number of alkyl halides is 3. The number of anilines is 1. The molecule has 4 rings (SSSR count). The maximum Gasteiger partial charge on any atom is 0.419 e. The number of carbonyl (C=O) groups is 2. The molecular formula is C25H15F5N2O4. The Morgan fingerprint density at radius 3 is 2.47 bits per heavy atom. The minimum atomic E-state index is -4.89. The standard InChI is InChI=1S/C25H15F5N2O4/c26-17-5-1-13(9-16(17)25(28,29)30)3-8-22(33)31-19-6-4-15(12-18(19)27)24-32-20-10-14(11-23(34)35)2-7-21(20)36-24/h1-10,12H,11H2,(H,31,33)(H,34,35). The molecule has 0 aliphatic heterocycles. The molecule has 0 fully saturated rings. The van der Waals surface area contributed by atoms with Gasteiger partial charge in [-0.25, -0.2) is 13.8 Å². The van der Waals surface area contributed by atoms with Crippen LogP contribution in [-0.2, 0) is 22.2 Å². The van der Waals surface area contributed by atoms with Crippen molar-refractivity contribution in [2.75, 3.05) is 5.32 Å². The van der Waals surface area contributed by atoms with Crippen LogP contribution in [0.5, 0.6) is 0 Å². The Labute approximate surface area is 199 Å². The number of hydrogen-bond acceptors (Lipinski definition) is 4. The Kier molecular flexibility index (Phi) is 6.56. The van der Waals surface area contributed by atoms with Crippen molar-refractivity contribution in [3.8, 4) is 11.5 Å². The molecule has 36 heavy (non-hydrogen) atoms. The molecule has 1 heterocycles. The van der Waals surface area contributed by atoms with Crippen LogP contribution in [0.4, 0.5) is 27.6 Å². The first-order valence-corrected chi connectivity index (χ1v) is 10.3. The van der Waals surface area contributed by atoms with E-state index in [1.165, 1.54) is 12.1 Å². The van der Waals surface area contributed by atoms with Crippen LogP contribution in [0.15, 0.2) is 65.1 Å². The topological polar surface area (TPSA) is 92.4 Å². The summed E-state index contributed by atoms with van der Waals surface area (Å²) in [6, 6.07) is 10.7. The minimum Gasteiger partial charge on any atom is -0.481 e. The molecule has 0 spiro atoms. The van der Waals surface area contributed by atoms with Gasteiger partial charge in [0, 0.05) is 11.6 Å². The summed E-state index contributed by atoms with van der Waals surface area (Å²) in [5, 5.41) is 11.2. The number of fused-ring (bicyclic) bond motifs is 1. The van der Waals surface area contributed by atoms with E-state index in [2.05, 4.69) is 10.3 Å². The zero-order valence-corrected chi connectivity index (χ0v) is 18.1. The van der Waals surface area contributed by atoms with Gasteiger partial charge in [-0.1, -0.05) is 12.1 Å². The SMILES string of the molecule is O=C(O)Cc1ccc2oc(-c3ccc(NC(=O)C=Cc4ccc(F)c(C(F)(F)F)c4)c(F)c3)nc2c1. The first-order chi connectivity index (χ1) is 17.0. The van der Waals surface area contributed by atoms with Gasteiger partial charge in [0.1, 0.15) is 17.2 Å². The summed E-state index contributed by atoms with van der Waals surface area (Å²) in [7, 11) is 0. The smallest absolute Gasteiger partial charge is 0.419 e. The van der Waals surface area contributed by atoms with E-state index in [4.69, 9.17) is 9.52 Å². The zero-order chi connectivity index (χ0) is 26.0. The third-order valence-electron chi connectivity index (χ3n) is 5.00. The molecule has 0 aliphatic rings. The van der Waals surface area contributed by atoms with Crippen LogP contribution in [0.2, 0.25) is 0 Å². The van der Waals surface area contributed by atoms with E-state index in [1.807, 2.05) is 0 Å². The highest BCUT2D eigenvalue weighted by Crippen LogP contribution is 2.32. The van der Waals surface area contributed by atoms with Crippen molar-refractivity contribution in [1.82, 2.24) is 4.98 Å². The van der Waals surface area contributed by atoms with Gasteiger partial charge in [0.2, 0.25) is 11.8 Å². The van der Waals surface area contributed by atoms with Gasteiger partial charge in [0.05, 0.1) is 17.7 Å².